The third-order valence-electron chi connectivity index (χ3n) is 5.67. The van der Waals surface area contributed by atoms with Crippen molar-refractivity contribution in [3.05, 3.63) is 87.2 Å². The number of rotatable bonds is 4. The van der Waals surface area contributed by atoms with E-state index in [4.69, 9.17) is 11.6 Å². The first-order valence-electron chi connectivity index (χ1n) is 10.5. The van der Waals surface area contributed by atoms with Crippen LogP contribution in [0.25, 0.3) is 20.7 Å². The van der Waals surface area contributed by atoms with E-state index in [1.807, 2.05) is 11.0 Å². The number of thiophene rings is 1. The van der Waals surface area contributed by atoms with Gasteiger partial charge in [0.25, 0.3) is 11.5 Å². The summed E-state index contributed by atoms with van der Waals surface area (Å²) in [6, 6.07) is 15.0. The zero-order valence-corrected chi connectivity index (χ0v) is 19.1. The minimum atomic E-state index is -0.299. The van der Waals surface area contributed by atoms with Crippen molar-refractivity contribution >= 4 is 39.1 Å². The number of aromatic nitrogens is 2. The Morgan fingerprint density at radius 3 is 2.58 bits per heavy atom. The topological polar surface area (TPSA) is 69.3 Å². The van der Waals surface area contributed by atoms with Crippen LogP contribution in [0.2, 0.25) is 5.02 Å². The molecule has 1 N–H and O–H groups in total. The van der Waals surface area contributed by atoms with Gasteiger partial charge in [-0.25, -0.2) is 9.37 Å². The lowest BCUT2D eigenvalue weighted by Crippen LogP contribution is -2.48. The van der Waals surface area contributed by atoms with Gasteiger partial charge in [0.2, 0.25) is 0 Å². The van der Waals surface area contributed by atoms with E-state index in [-0.39, 0.29) is 17.3 Å². The minimum Gasteiger partial charge on any atom is -0.336 e. The summed E-state index contributed by atoms with van der Waals surface area (Å²) in [4.78, 5) is 37.7. The van der Waals surface area contributed by atoms with Gasteiger partial charge in [0.1, 0.15) is 16.3 Å². The molecule has 0 unspecified atom stereocenters. The van der Waals surface area contributed by atoms with Crippen molar-refractivity contribution in [1.82, 2.24) is 19.8 Å². The molecule has 0 saturated carbocycles. The second-order valence-electron chi connectivity index (χ2n) is 7.92. The molecule has 168 valence electrons. The third-order valence-corrected chi connectivity index (χ3v) is 7.07. The van der Waals surface area contributed by atoms with Crippen LogP contribution in [0.4, 0.5) is 4.39 Å². The molecule has 5 rings (SSSR count). The van der Waals surface area contributed by atoms with Crippen LogP contribution in [0.3, 0.4) is 0 Å². The number of hydrogen-bond donors (Lipinski definition) is 1. The molecule has 0 aliphatic carbocycles. The van der Waals surface area contributed by atoms with E-state index in [0.29, 0.717) is 59.4 Å². The molecule has 4 aromatic rings. The summed E-state index contributed by atoms with van der Waals surface area (Å²) in [7, 11) is 0. The van der Waals surface area contributed by atoms with Crippen molar-refractivity contribution in [2.75, 3.05) is 26.2 Å². The number of H-pyrrole nitrogens is 1. The molecule has 1 aliphatic rings. The summed E-state index contributed by atoms with van der Waals surface area (Å²) in [5, 5.41) is 0.543. The number of benzene rings is 2. The van der Waals surface area contributed by atoms with Crippen molar-refractivity contribution in [1.29, 1.82) is 0 Å². The zero-order valence-electron chi connectivity index (χ0n) is 17.6. The van der Waals surface area contributed by atoms with Crippen LogP contribution >= 0.6 is 22.9 Å². The summed E-state index contributed by atoms with van der Waals surface area (Å²) in [5.41, 5.74) is 1.89. The molecule has 9 heteroatoms. The number of halogens is 2. The van der Waals surface area contributed by atoms with E-state index < -0.39 is 0 Å². The Balaban J connectivity index is 1.27. The van der Waals surface area contributed by atoms with Crippen molar-refractivity contribution in [2.24, 2.45) is 0 Å². The molecule has 0 radical (unpaired) electrons. The fourth-order valence-corrected chi connectivity index (χ4v) is 5.13. The monoisotopic (exact) mass is 482 g/mol. The number of amides is 1. The van der Waals surface area contributed by atoms with Crippen molar-refractivity contribution < 1.29 is 9.18 Å². The molecule has 6 nitrogen and oxygen atoms in total. The van der Waals surface area contributed by atoms with Gasteiger partial charge < -0.3 is 9.88 Å². The van der Waals surface area contributed by atoms with Gasteiger partial charge in [-0.2, -0.15) is 0 Å². The molecular weight excluding hydrogens is 463 g/mol. The number of piperazine rings is 1. The summed E-state index contributed by atoms with van der Waals surface area (Å²) < 4.78 is 13.8. The van der Waals surface area contributed by atoms with E-state index in [9.17, 15) is 14.0 Å². The molecule has 33 heavy (non-hydrogen) atoms. The van der Waals surface area contributed by atoms with Gasteiger partial charge in [-0.3, -0.25) is 14.5 Å². The largest absolute Gasteiger partial charge is 0.336 e. The van der Waals surface area contributed by atoms with E-state index in [1.54, 1.807) is 36.4 Å². The molecular formula is C24H20ClFN4O2S. The summed E-state index contributed by atoms with van der Waals surface area (Å²) in [6.07, 6.45) is 0. The van der Waals surface area contributed by atoms with Gasteiger partial charge in [-0.05, 0) is 42.0 Å². The lowest BCUT2D eigenvalue weighted by Gasteiger charge is -2.34. The molecule has 1 amide bonds. The average Bonchev–Trinajstić information content (AvgIpc) is 3.24. The van der Waals surface area contributed by atoms with E-state index in [0.717, 1.165) is 10.4 Å². The second-order valence-corrected chi connectivity index (χ2v) is 9.41. The van der Waals surface area contributed by atoms with Crippen molar-refractivity contribution in [3.8, 4) is 10.4 Å². The van der Waals surface area contributed by atoms with Gasteiger partial charge in [0.15, 0.2) is 0 Å². The Labute approximate surface area is 198 Å². The first kappa shape index (κ1) is 21.8. The molecule has 0 atom stereocenters. The molecule has 1 saturated heterocycles. The van der Waals surface area contributed by atoms with Gasteiger partial charge >= 0.3 is 0 Å². The smallest absolute Gasteiger partial charge is 0.268 e. The number of aromatic amines is 1. The highest BCUT2D eigenvalue weighted by molar-refractivity contribution is 7.22. The van der Waals surface area contributed by atoms with Gasteiger partial charge in [-0.1, -0.05) is 29.8 Å². The Kier molecular flexibility index (Phi) is 5.97. The van der Waals surface area contributed by atoms with Crippen molar-refractivity contribution in [3.63, 3.8) is 0 Å². The Morgan fingerprint density at radius 1 is 1.09 bits per heavy atom. The molecule has 1 aliphatic heterocycles. The highest BCUT2D eigenvalue weighted by Crippen LogP contribution is 2.31. The Hall–Kier alpha value is -3.07. The Bertz CT molecular complexity index is 1380. The predicted molar refractivity (Wildman–Crippen MR) is 128 cm³/mol. The van der Waals surface area contributed by atoms with Gasteiger partial charge in [-0.15, -0.1) is 11.3 Å². The minimum absolute atomic E-state index is 0.0308. The summed E-state index contributed by atoms with van der Waals surface area (Å²) in [6.45, 7) is 3.03. The first-order chi connectivity index (χ1) is 16.0. The van der Waals surface area contributed by atoms with Crippen LogP contribution < -0.4 is 5.56 Å². The third kappa shape index (κ3) is 4.68. The highest BCUT2D eigenvalue weighted by atomic mass is 35.5. The van der Waals surface area contributed by atoms with E-state index >= 15 is 0 Å². The number of hydrogen-bond acceptors (Lipinski definition) is 5. The molecule has 1 fully saturated rings. The average molecular weight is 483 g/mol. The Morgan fingerprint density at radius 2 is 1.85 bits per heavy atom. The van der Waals surface area contributed by atoms with Crippen LogP contribution in [0.5, 0.6) is 0 Å². The van der Waals surface area contributed by atoms with Crippen LogP contribution in [-0.4, -0.2) is 51.9 Å². The first-order valence-corrected chi connectivity index (χ1v) is 11.7. The van der Waals surface area contributed by atoms with E-state index in [2.05, 4.69) is 14.9 Å². The maximum absolute atomic E-state index is 13.2. The number of nitrogens with zero attached hydrogens (tertiary/aromatic N) is 3. The van der Waals surface area contributed by atoms with Crippen molar-refractivity contribution in [2.45, 2.75) is 6.54 Å². The molecule has 2 aromatic heterocycles. The molecule has 0 spiro atoms. The highest BCUT2D eigenvalue weighted by Gasteiger charge is 2.23. The fraction of sp³-hybridized carbons (Fsp3) is 0.208. The van der Waals surface area contributed by atoms with E-state index in [1.165, 1.54) is 23.5 Å². The van der Waals surface area contributed by atoms with Crippen LogP contribution in [0.15, 0.2) is 59.4 Å². The van der Waals surface area contributed by atoms with Gasteiger partial charge in [0, 0.05) is 41.6 Å². The van der Waals surface area contributed by atoms with Crippen LogP contribution in [0.1, 0.15) is 16.2 Å². The number of carbonyl (C=O) groups is 1. The van der Waals surface area contributed by atoms with Crippen LogP contribution in [0, 0.1) is 5.82 Å². The number of nitrogens with one attached hydrogen (secondary N) is 1. The van der Waals surface area contributed by atoms with Crippen LogP contribution in [-0.2, 0) is 6.54 Å². The lowest BCUT2D eigenvalue weighted by atomic mass is 10.2. The number of fused-ring (bicyclic) bond motifs is 1. The lowest BCUT2D eigenvalue weighted by molar-refractivity contribution is 0.0625. The molecule has 3 heterocycles. The van der Waals surface area contributed by atoms with Gasteiger partial charge in [0.05, 0.1) is 12.1 Å². The summed E-state index contributed by atoms with van der Waals surface area (Å²) in [5.74, 6) is 0.259. The molecule has 0 bridgehead atoms. The standard InChI is InChI=1S/C24H20ClFN4O2S/c25-17-3-1-2-16(12-17)24(32)30-10-8-29(9-11-30)14-21-27-19-13-20(33-22(19)23(31)28-21)15-4-6-18(26)7-5-15/h1-7,12-13H,8-11,14H2,(H,27,28,31). The second kappa shape index (κ2) is 9.05. The SMILES string of the molecule is O=C(c1cccc(Cl)c1)N1CCN(Cc2nc3cc(-c4ccc(F)cc4)sc3c(=O)[nH]2)CC1. The molecule has 2 aromatic carbocycles. The fourth-order valence-electron chi connectivity index (χ4n) is 3.94. The maximum atomic E-state index is 13.2. The predicted octanol–water partition coefficient (Wildman–Crippen LogP) is 4.40. The normalized spacial score (nSPS) is 14.7. The quantitative estimate of drug-likeness (QED) is 0.468. The summed E-state index contributed by atoms with van der Waals surface area (Å²) >= 11 is 7.35. The zero-order chi connectivity index (χ0) is 22.9. The maximum Gasteiger partial charge on any atom is 0.268 e. The number of carbonyl (C=O) groups excluding carboxylic acids is 1.